The molecule has 3 rings (SSSR count). The molecular weight excluding hydrogens is 494 g/mol. The number of anilines is 1. The van der Waals surface area contributed by atoms with Crippen LogP contribution >= 0.6 is 22.9 Å². The van der Waals surface area contributed by atoms with Gasteiger partial charge in [0.1, 0.15) is 11.4 Å². The second kappa shape index (κ2) is 8.12. The molecule has 31 heavy (non-hydrogen) atoms. The number of nitrogens with two attached hydrogens (primary N) is 1. The van der Waals surface area contributed by atoms with Crippen LogP contribution in [0.4, 0.5) is 16.6 Å². The van der Waals surface area contributed by atoms with E-state index in [0.717, 1.165) is 22.3 Å². The Kier molecular flexibility index (Phi) is 6.03. The van der Waals surface area contributed by atoms with Crippen LogP contribution in [0.25, 0.3) is 10.2 Å². The molecular formula is C14H14ClN7O6S3. The van der Waals surface area contributed by atoms with Crippen LogP contribution in [0.5, 0.6) is 0 Å². The SMILES string of the molecule is Cc1nn(CC(=O)NS(C)(=O)=O)c(N)c1N=Nc1nc2cc(Cl)c(S(=O)(=O)O)cc2s1. The summed E-state index contributed by atoms with van der Waals surface area (Å²) in [6.07, 6.45) is 0.840. The normalized spacial score (nSPS) is 12.6. The van der Waals surface area contributed by atoms with E-state index < -0.39 is 37.5 Å². The first-order valence-corrected chi connectivity index (χ1v) is 12.6. The number of aryl methyl sites for hydroxylation is 1. The van der Waals surface area contributed by atoms with Gasteiger partial charge < -0.3 is 5.73 Å². The summed E-state index contributed by atoms with van der Waals surface area (Å²) in [5.41, 5.74) is 6.74. The Hall–Kier alpha value is -2.66. The van der Waals surface area contributed by atoms with Crippen molar-refractivity contribution in [1.82, 2.24) is 19.5 Å². The third kappa shape index (κ3) is 5.34. The Morgan fingerprint density at radius 2 is 2.00 bits per heavy atom. The highest BCUT2D eigenvalue weighted by molar-refractivity contribution is 7.89. The van der Waals surface area contributed by atoms with E-state index in [2.05, 4.69) is 20.3 Å². The molecule has 1 amide bonds. The Labute approximate surface area is 184 Å². The molecule has 0 spiro atoms. The van der Waals surface area contributed by atoms with E-state index in [-0.39, 0.29) is 21.7 Å². The highest BCUT2D eigenvalue weighted by Gasteiger charge is 2.19. The summed E-state index contributed by atoms with van der Waals surface area (Å²) in [5, 5.41) is 11.9. The van der Waals surface area contributed by atoms with Crippen molar-refractivity contribution in [2.45, 2.75) is 18.4 Å². The molecule has 0 atom stereocenters. The van der Waals surface area contributed by atoms with Gasteiger partial charge in [0.15, 0.2) is 11.5 Å². The van der Waals surface area contributed by atoms with Crippen molar-refractivity contribution in [1.29, 1.82) is 0 Å². The van der Waals surface area contributed by atoms with Crippen molar-refractivity contribution in [2.75, 3.05) is 12.0 Å². The van der Waals surface area contributed by atoms with Gasteiger partial charge in [-0.3, -0.25) is 14.1 Å². The standard InChI is InChI=1S/C14H14ClN7O6S3/c1-6-12(13(16)22(20-6)5-11(23)21-30(2,24)25)18-19-14-17-8-3-7(15)10(31(26,27)28)4-9(8)29-14/h3-4H,5,16H2,1-2H3,(H,21,23)(H,26,27,28). The first kappa shape index (κ1) is 23.0. The predicted molar refractivity (Wildman–Crippen MR) is 113 cm³/mol. The molecule has 2 aromatic heterocycles. The number of hydrogen-bond acceptors (Lipinski definition) is 11. The summed E-state index contributed by atoms with van der Waals surface area (Å²) in [7, 11) is -8.23. The Bertz CT molecular complexity index is 1440. The van der Waals surface area contributed by atoms with Gasteiger partial charge in [0, 0.05) is 0 Å². The first-order chi connectivity index (χ1) is 14.2. The molecule has 0 bridgehead atoms. The number of nitrogens with one attached hydrogen (secondary N) is 1. The minimum Gasteiger partial charge on any atom is -0.382 e. The summed E-state index contributed by atoms with van der Waals surface area (Å²) >= 11 is 6.86. The predicted octanol–water partition coefficient (Wildman–Crippen LogP) is 1.77. The van der Waals surface area contributed by atoms with E-state index in [1.807, 2.05) is 0 Å². The number of thiazole rings is 1. The third-order valence-electron chi connectivity index (χ3n) is 3.67. The number of nitrogens with zero attached hydrogens (tertiary/aromatic N) is 5. The highest BCUT2D eigenvalue weighted by atomic mass is 35.5. The minimum absolute atomic E-state index is 0.0253. The first-order valence-electron chi connectivity index (χ1n) is 8.07. The average molecular weight is 508 g/mol. The molecule has 4 N–H and O–H groups in total. The number of aromatic nitrogens is 3. The van der Waals surface area contributed by atoms with Crippen LogP contribution in [-0.2, 0) is 31.5 Å². The fourth-order valence-electron chi connectivity index (χ4n) is 2.46. The Balaban J connectivity index is 1.89. The van der Waals surface area contributed by atoms with E-state index >= 15 is 0 Å². The lowest BCUT2D eigenvalue weighted by atomic mass is 10.3. The molecule has 0 saturated heterocycles. The number of nitrogen functional groups attached to an aromatic ring is 1. The van der Waals surface area contributed by atoms with Gasteiger partial charge in [-0.25, -0.2) is 18.1 Å². The molecule has 0 radical (unpaired) electrons. The van der Waals surface area contributed by atoms with E-state index in [1.54, 1.807) is 11.6 Å². The molecule has 0 fully saturated rings. The number of sulfonamides is 1. The van der Waals surface area contributed by atoms with Crippen LogP contribution in [0.15, 0.2) is 27.3 Å². The fourth-order valence-corrected chi connectivity index (χ4v) is 4.84. The third-order valence-corrected chi connectivity index (χ3v) is 6.49. The summed E-state index contributed by atoms with van der Waals surface area (Å²) < 4.78 is 57.5. The summed E-state index contributed by atoms with van der Waals surface area (Å²) in [4.78, 5) is 15.5. The van der Waals surface area contributed by atoms with Gasteiger partial charge in [0.05, 0.1) is 27.2 Å². The van der Waals surface area contributed by atoms with Crippen molar-refractivity contribution in [3.05, 3.63) is 22.8 Å². The van der Waals surface area contributed by atoms with Gasteiger partial charge in [-0.1, -0.05) is 22.9 Å². The number of amides is 1. The van der Waals surface area contributed by atoms with Gasteiger partial charge in [-0.15, -0.1) is 10.2 Å². The molecule has 0 saturated carbocycles. The smallest absolute Gasteiger partial charge is 0.296 e. The van der Waals surface area contributed by atoms with Crippen molar-refractivity contribution < 1.29 is 26.2 Å². The van der Waals surface area contributed by atoms with Crippen LogP contribution in [0.3, 0.4) is 0 Å². The average Bonchev–Trinajstić information content (AvgIpc) is 3.10. The zero-order valence-electron chi connectivity index (χ0n) is 15.8. The van der Waals surface area contributed by atoms with E-state index in [1.165, 1.54) is 12.1 Å². The van der Waals surface area contributed by atoms with E-state index in [9.17, 15) is 26.2 Å². The molecule has 1 aromatic carbocycles. The van der Waals surface area contributed by atoms with Gasteiger partial charge in [-0.2, -0.15) is 13.5 Å². The van der Waals surface area contributed by atoms with Crippen LogP contribution < -0.4 is 10.5 Å². The topological polar surface area (TPSA) is 199 Å². The lowest BCUT2D eigenvalue weighted by molar-refractivity contribution is -0.120. The molecule has 3 aromatic rings. The molecule has 2 heterocycles. The molecule has 17 heteroatoms. The summed E-state index contributed by atoms with van der Waals surface area (Å²) in [6.45, 7) is 1.11. The second-order valence-electron chi connectivity index (χ2n) is 6.20. The number of fused-ring (bicyclic) bond motifs is 1. The van der Waals surface area contributed by atoms with E-state index in [0.29, 0.717) is 15.9 Å². The largest absolute Gasteiger partial charge is 0.382 e. The Morgan fingerprint density at radius 3 is 2.61 bits per heavy atom. The zero-order chi connectivity index (χ0) is 23.1. The van der Waals surface area contributed by atoms with E-state index in [4.69, 9.17) is 17.3 Å². The zero-order valence-corrected chi connectivity index (χ0v) is 19.0. The molecule has 0 aliphatic rings. The van der Waals surface area contributed by atoms with Crippen molar-refractivity contribution >= 4 is 75.8 Å². The quantitative estimate of drug-likeness (QED) is 0.328. The van der Waals surface area contributed by atoms with Crippen molar-refractivity contribution in [3.8, 4) is 0 Å². The summed E-state index contributed by atoms with van der Waals surface area (Å²) in [5.74, 6) is -0.861. The minimum atomic E-state index is -4.51. The lowest BCUT2D eigenvalue weighted by Crippen LogP contribution is -2.32. The molecule has 0 aliphatic heterocycles. The number of azo groups is 1. The highest BCUT2D eigenvalue weighted by Crippen LogP contribution is 2.35. The van der Waals surface area contributed by atoms with Crippen molar-refractivity contribution in [2.24, 2.45) is 10.2 Å². The number of benzene rings is 1. The van der Waals surface area contributed by atoms with Crippen LogP contribution in [-0.4, -0.2) is 48.3 Å². The molecule has 0 aliphatic carbocycles. The van der Waals surface area contributed by atoms with Crippen LogP contribution in [0, 0.1) is 6.92 Å². The van der Waals surface area contributed by atoms with Gasteiger partial charge in [-0.05, 0) is 19.1 Å². The maximum absolute atomic E-state index is 11.8. The van der Waals surface area contributed by atoms with Gasteiger partial charge in [0.25, 0.3) is 16.0 Å². The maximum atomic E-state index is 11.8. The monoisotopic (exact) mass is 507 g/mol. The molecule has 0 unspecified atom stereocenters. The van der Waals surface area contributed by atoms with Crippen molar-refractivity contribution in [3.63, 3.8) is 0 Å². The maximum Gasteiger partial charge on any atom is 0.296 e. The number of hydrogen-bond donors (Lipinski definition) is 3. The summed E-state index contributed by atoms with van der Waals surface area (Å²) in [6, 6.07) is 2.44. The fraction of sp³-hybridized carbons (Fsp3) is 0.214. The van der Waals surface area contributed by atoms with Gasteiger partial charge >= 0.3 is 0 Å². The molecule has 166 valence electrons. The van der Waals surface area contributed by atoms with Crippen LogP contribution in [0.2, 0.25) is 5.02 Å². The molecule has 13 nitrogen and oxygen atoms in total. The second-order valence-corrected chi connectivity index (χ2v) is 10.8. The number of carbonyl (C=O) groups is 1. The number of carbonyl (C=O) groups excluding carboxylic acids is 1. The Morgan fingerprint density at radius 1 is 1.32 bits per heavy atom. The van der Waals surface area contributed by atoms with Gasteiger partial charge in [0.2, 0.25) is 15.2 Å². The number of halogens is 1. The number of rotatable bonds is 6. The van der Waals surface area contributed by atoms with Crippen LogP contribution in [0.1, 0.15) is 5.69 Å². The lowest BCUT2D eigenvalue weighted by Gasteiger charge is -2.04.